The molecule has 3 heterocycles. The molecule has 8 nitrogen and oxygen atoms in total. The van der Waals surface area contributed by atoms with Crippen molar-refractivity contribution in [2.24, 2.45) is 0 Å². The maximum Gasteiger partial charge on any atom is 0.420 e. The molecule has 1 aliphatic heterocycles. The van der Waals surface area contributed by atoms with E-state index in [2.05, 4.69) is 10.1 Å². The summed E-state index contributed by atoms with van der Waals surface area (Å²) in [5, 5.41) is 4.65. The molecule has 1 atom stereocenters. The van der Waals surface area contributed by atoms with Gasteiger partial charge in [0.05, 0.1) is 11.4 Å². The zero-order valence-electron chi connectivity index (χ0n) is 16.9. The topological polar surface area (TPSA) is 94.4 Å². The van der Waals surface area contributed by atoms with Crippen molar-refractivity contribution < 1.29 is 13.7 Å². The molecule has 1 fully saturated rings. The predicted molar refractivity (Wildman–Crippen MR) is 115 cm³/mol. The number of benzene rings is 2. The Kier molecular flexibility index (Phi) is 4.66. The van der Waals surface area contributed by atoms with Gasteiger partial charge in [-0.3, -0.25) is 9.36 Å². The summed E-state index contributed by atoms with van der Waals surface area (Å²) in [6.45, 7) is 4.28. The van der Waals surface area contributed by atoms with Crippen LogP contribution in [0.1, 0.15) is 38.1 Å². The van der Waals surface area contributed by atoms with E-state index in [1.807, 2.05) is 38.1 Å². The third-order valence-corrected chi connectivity index (χ3v) is 5.66. The Bertz CT molecular complexity index is 1350. The number of rotatable bonds is 4. The lowest BCUT2D eigenvalue weighted by Gasteiger charge is -2.16. The number of carbonyl (C=O) groups is 1. The normalized spacial score (nSPS) is 16.7. The molecule has 31 heavy (non-hydrogen) atoms. The number of hydrogen-bond donors (Lipinski definition) is 0. The maximum absolute atomic E-state index is 12.5. The average Bonchev–Trinajstić information content (AvgIpc) is 3.43. The fraction of sp³-hybridized carbons (Fsp3) is 0.273. The quantitative estimate of drug-likeness (QED) is 0.468. The number of oxazole rings is 1. The van der Waals surface area contributed by atoms with Crippen LogP contribution in [0.4, 0.5) is 5.69 Å². The van der Waals surface area contributed by atoms with Gasteiger partial charge in [0, 0.05) is 35.3 Å². The minimum atomic E-state index is -0.401. The fourth-order valence-corrected chi connectivity index (χ4v) is 4.13. The number of aromatic nitrogens is 3. The molecule has 2 aromatic heterocycles. The Balaban J connectivity index is 1.41. The Morgan fingerprint density at radius 1 is 1.16 bits per heavy atom. The third-order valence-electron chi connectivity index (χ3n) is 5.42. The van der Waals surface area contributed by atoms with Crippen LogP contribution in [0.25, 0.3) is 22.5 Å². The summed E-state index contributed by atoms with van der Waals surface area (Å²) in [4.78, 5) is 30.8. The smallest absolute Gasteiger partial charge is 0.408 e. The molecule has 1 amide bonds. The van der Waals surface area contributed by atoms with Gasteiger partial charge in [0.1, 0.15) is 0 Å². The first-order valence-corrected chi connectivity index (χ1v) is 10.3. The van der Waals surface area contributed by atoms with Gasteiger partial charge in [-0.15, -0.1) is 0 Å². The van der Waals surface area contributed by atoms with Crippen LogP contribution in [0.3, 0.4) is 0 Å². The van der Waals surface area contributed by atoms with E-state index in [1.54, 1.807) is 27.7 Å². The number of halogens is 1. The van der Waals surface area contributed by atoms with Crippen LogP contribution in [0.5, 0.6) is 0 Å². The summed E-state index contributed by atoms with van der Waals surface area (Å²) >= 11 is 6.06. The van der Waals surface area contributed by atoms with Crippen LogP contribution in [-0.4, -0.2) is 27.2 Å². The number of amides is 1. The van der Waals surface area contributed by atoms with E-state index in [0.29, 0.717) is 39.9 Å². The first-order chi connectivity index (χ1) is 14.9. The molecule has 0 aliphatic carbocycles. The fourth-order valence-electron chi connectivity index (χ4n) is 3.95. The summed E-state index contributed by atoms with van der Waals surface area (Å²) in [7, 11) is 0. The van der Waals surface area contributed by atoms with Crippen LogP contribution in [-0.2, 0) is 4.79 Å². The van der Waals surface area contributed by atoms with E-state index < -0.39 is 5.76 Å². The highest BCUT2D eigenvalue weighted by molar-refractivity contribution is 6.30. The molecule has 0 bridgehead atoms. The number of carbonyl (C=O) groups excluding carboxylic acids is 1. The Morgan fingerprint density at radius 2 is 2.00 bits per heavy atom. The Labute approximate surface area is 182 Å². The van der Waals surface area contributed by atoms with Gasteiger partial charge in [-0.05, 0) is 50.2 Å². The van der Waals surface area contributed by atoms with E-state index in [9.17, 15) is 9.59 Å². The SMILES string of the molecule is CC(C)n1c(=O)oc2cc(-c3noc([C@H]4CC(=O)N(c5cccc(Cl)c5)C4)n3)ccc21. The number of fused-ring (bicyclic) bond motifs is 1. The van der Waals surface area contributed by atoms with Gasteiger partial charge < -0.3 is 13.8 Å². The molecule has 0 radical (unpaired) electrons. The lowest BCUT2D eigenvalue weighted by molar-refractivity contribution is -0.117. The van der Waals surface area contributed by atoms with E-state index in [1.165, 1.54) is 0 Å². The lowest BCUT2D eigenvalue weighted by atomic mass is 10.1. The van der Waals surface area contributed by atoms with Gasteiger partial charge in [-0.1, -0.05) is 22.8 Å². The zero-order chi connectivity index (χ0) is 21.7. The second-order valence-corrected chi connectivity index (χ2v) is 8.29. The Morgan fingerprint density at radius 3 is 2.77 bits per heavy atom. The second kappa shape index (κ2) is 7.39. The van der Waals surface area contributed by atoms with Crippen molar-refractivity contribution in [1.29, 1.82) is 0 Å². The van der Waals surface area contributed by atoms with Crippen molar-refractivity contribution in [2.45, 2.75) is 32.2 Å². The van der Waals surface area contributed by atoms with E-state index in [4.69, 9.17) is 20.5 Å². The molecule has 5 rings (SSSR count). The van der Waals surface area contributed by atoms with Crippen molar-refractivity contribution in [1.82, 2.24) is 14.7 Å². The summed E-state index contributed by atoms with van der Waals surface area (Å²) in [6, 6.07) is 12.5. The molecule has 1 aliphatic rings. The first kappa shape index (κ1) is 19.6. The molecule has 1 saturated heterocycles. The van der Waals surface area contributed by atoms with E-state index in [-0.39, 0.29) is 24.3 Å². The molecule has 0 unspecified atom stereocenters. The summed E-state index contributed by atoms with van der Waals surface area (Å²) < 4.78 is 12.4. The molecular weight excluding hydrogens is 420 g/mol. The highest BCUT2D eigenvalue weighted by atomic mass is 35.5. The summed E-state index contributed by atoms with van der Waals surface area (Å²) in [6.07, 6.45) is 0.277. The van der Waals surface area contributed by atoms with Gasteiger partial charge in [0.15, 0.2) is 5.58 Å². The van der Waals surface area contributed by atoms with Crippen LogP contribution in [0.2, 0.25) is 5.02 Å². The van der Waals surface area contributed by atoms with Gasteiger partial charge in [0.2, 0.25) is 17.6 Å². The van der Waals surface area contributed by atoms with Gasteiger partial charge >= 0.3 is 5.76 Å². The monoisotopic (exact) mass is 438 g/mol. The maximum atomic E-state index is 12.5. The minimum absolute atomic E-state index is 0.0151. The first-order valence-electron chi connectivity index (χ1n) is 9.95. The van der Waals surface area contributed by atoms with E-state index in [0.717, 1.165) is 5.69 Å². The summed E-state index contributed by atoms with van der Waals surface area (Å²) in [5.74, 6) is 0.142. The van der Waals surface area contributed by atoms with Crippen molar-refractivity contribution in [3.05, 3.63) is 63.9 Å². The van der Waals surface area contributed by atoms with Crippen molar-refractivity contribution in [3.8, 4) is 11.4 Å². The van der Waals surface area contributed by atoms with Gasteiger partial charge in [-0.2, -0.15) is 4.98 Å². The molecule has 0 saturated carbocycles. The predicted octanol–water partition coefficient (Wildman–Crippen LogP) is 4.40. The average molecular weight is 439 g/mol. The molecule has 0 N–H and O–H groups in total. The van der Waals surface area contributed by atoms with Crippen LogP contribution < -0.4 is 10.7 Å². The molecule has 0 spiro atoms. The second-order valence-electron chi connectivity index (χ2n) is 7.86. The zero-order valence-corrected chi connectivity index (χ0v) is 17.7. The van der Waals surface area contributed by atoms with Gasteiger partial charge in [-0.25, -0.2) is 4.79 Å². The van der Waals surface area contributed by atoms with Crippen molar-refractivity contribution in [3.63, 3.8) is 0 Å². The van der Waals surface area contributed by atoms with Crippen LogP contribution in [0.15, 0.2) is 56.2 Å². The highest BCUT2D eigenvalue weighted by Gasteiger charge is 2.35. The summed E-state index contributed by atoms with van der Waals surface area (Å²) in [5.41, 5.74) is 2.59. The molecule has 4 aromatic rings. The molecule has 9 heteroatoms. The molecule has 158 valence electrons. The Hall–Kier alpha value is -3.39. The van der Waals surface area contributed by atoms with Crippen molar-refractivity contribution in [2.75, 3.05) is 11.4 Å². The minimum Gasteiger partial charge on any atom is -0.408 e. The number of nitrogens with zero attached hydrogens (tertiary/aromatic N) is 4. The lowest BCUT2D eigenvalue weighted by Crippen LogP contribution is -2.24. The standard InChI is InChI=1S/C22H19ClN4O4/c1-12(2)27-17-7-6-13(8-18(17)30-22(27)29)20-24-21(31-25-20)14-9-19(28)26(11-14)16-5-3-4-15(23)10-16/h3-8,10,12,14H,9,11H2,1-2H3/t14-/m0/s1. The molecular formula is C22H19ClN4O4. The van der Waals surface area contributed by atoms with Crippen LogP contribution in [0, 0.1) is 0 Å². The van der Waals surface area contributed by atoms with Crippen molar-refractivity contribution >= 4 is 34.3 Å². The number of hydrogen-bond acceptors (Lipinski definition) is 6. The van der Waals surface area contributed by atoms with Crippen LogP contribution >= 0.6 is 11.6 Å². The third kappa shape index (κ3) is 3.42. The number of anilines is 1. The van der Waals surface area contributed by atoms with Gasteiger partial charge in [0.25, 0.3) is 0 Å². The van der Waals surface area contributed by atoms with E-state index >= 15 is 0 Å². The largest absolute Gasteiger partial charge is 0.420 e. The molecule has 2 aromatic carbocycles. The highest BCUT2D eigenvalue weighted by Crippen LogP contribution is 2.33.